The van der Waals surface area contributed by atoms with Gasteiger partial charge < -0.3 is 15.0 Å². The van der Waals surface area contributed by atoms with Gasteiger partial charge in [0, 0.05) is 49.7 Å². The second kappa shape index (κ2) is 8.10. The summed E-state index contributed by atoms with van der Waals surface area (Å²) in [6.45, 7) is 2.25. The highest BCUT2D eigenvalue weighted by molar-refractivity contribution is 5.79. The molecule has 152 valence electrons. The summed E-state index contributed by atoms with van der Waals surface area (Å²) >= 11 is 0. The van der Waals surface area contributed by atoms with Crippen LogP contribution in [0.5, 0.6) is 5.75 Å². The van der Waals surface area contributed by atoms with Gasteiger partial charge in [0.15, 0.2) is 0 Å². The third-order valence-corrected chi connectivity index (χ3v) is 5.55. The lowest BCUT2D eigenvalue weighted by Gasteiger charge is -2.17. The van der Waals surface area contributed by atoms with Crippen LogP contribution in [0.1, 0.15) is 17.5 Å². The van der Waals surface area contributed by atoms with Crippen molar-refractivity contribution in [1.82, 2.24) is 20.3 Å². The van der Waals surface area contributed by atoms with E-state index >= 15 is 0 Å². The lowest BCUT2D eigenvalue weighted by atomic mass is 10.1. The monoisotopic (exact) mass is 401 g/mol. The first-order valence-corrected chi connectivity index (χ1v) is 10.3. The fourth-order valence-electron chi connectivity index (χ4n) is 4.05. The third kappa shape index (κ3) is 3.96. The molecule has 2 aliphatic heterocycles. The van der Waals surface area contributed by atoms with E-state index in [-0.39, 0.29) is 11.9 Å². The van der Waals surface area contributed by atoms with Crippen LogP contribution in [0.4, 0.5) is 5.95 Å². The van der Waals surface area contributed by atoms with Crippen LogP contribution in [-0.4, -0.2) is 46.6 Å². The molecule has 1 unspecified atom stereocenters. The zero-order valence-electron chi connectivity index (χ0n) is 16.6. The van der Waals surface area contributed by atoms with E-state index in [1.165, 1.54) is 5.56 Å². The molecule has 1 aromatic carbocycles. The maximum atomic E-state index is 12.6. The highest BCUT2D eigenvalue weighted by atomic mass is 16.5. The smallest absolute Gasteiger partial charge is 0.225 e. The van der Waals surface area contributed by atoms with Gasteiger partial charge in [0.1, 0.15) is 5.75 Å². The van der Waals surface area contributed by atoms with Crippen molar-refractivity contribution in [3.63, 3.8) is 0 Å². The first kappa shape index (κ1) is 18.5. The number of nitrogens with one attached hydrogen (secondary N) is 1. The van der Waals surface area contributed by atoms with E-state index < -0.39 is 0 Å². The van der Waals surface area contributed by atoms with Crippen molar-refractivity contribution in [3.05, 3.63) is 66.1 Å². The van der Waals surface area contributed by atoms with E-state index in [0.717, 1.165) is 48.6 Å². The van der Waals surface area contributed by atoms with Crippen LogP contribution < -0.4 is 15.0 Å². The molecule has 7 heteroatoms. The summed E-state index contributed by atoms with van der Waals surface area (Å²) in [4.78, 5) is 28.0. The van der Waals surface area contributed by atoms with Crippen LogP contribution in [0.15, 0.2) is 55.0 Å². The van der Waals surface area contributed by atoms with Crippen molar-refractivity contribution in [2.45, 2.75) is 25.3 Å². The highest BCUT2D eigenvalue weighted by Crippen LogP contribution is 2.26. The summed E-state index contributed by atoms with van der Waals surface area (Å²) in [6.07, 6.45) is 7.50. The summed E-state index contributed by atoms with van der Waals surface area (Å²) in [6, 6.07) is 11.9. The number of amides is 1. The molecule has 5 rings (SSSR count). The zero-order valence-corrected chi connectivity index (χ0v) is 16.6. The number of nitrogens with zero attached hydrogens (tertiary/aromatic N) is 4. The number of fused-ring (bicyclic) bond motifs is 1. The van der Waals surface area contributed by atoms with Gasteiger partial charge in [-0.1, -0.05) is 12.1 Å². The van der Waals surface area contributed by atoms with Crippen molar-refractivity contribution in [3.8, 4) is 17.0 Å². The molecule has 2 aliphatic rings. The molecule has 1 N–H and O–H groups in total. The van der Waals surface area contributed by atoms with Gasteiger partial charge in [-0.15, -0.1) is 0 Å². The quantitative estimate of drug-likeness (QED) is 0.707. The largest absolute Gasteiger partial charge is 0.493 e. The zero-order chi connectivity index (χ0) is 20.3. The Labute approximate surface area is 175 Å². The van der Waals surface area contributed by atoms with Gasteiger partial charge in [-0.2, -0.15) is 0 Å². The summed E-state index contributed by atoms with van der Waals surface area (Å²) in [5.41, 5.74) is 4.03. The van der Waals surface area contributed by atoms with E-state index in [9.17, 15) is 4.79 Å². The Morgan fingerprint density at radius 1 is 1.23 bits per heavy atom. The Balaban J connectivity index is 1.19. The van der Waals surface area contributed by atoms with Gasteiger partial charge in [-0.25, -0.2) is 9.97 Å². The Morgan fingerprint density at radius 2 is 2.20 bits per heavy atom. The second-order valence-corrected chi connectivity index (χ2v) is 7.70. The fourth-order valence-corrected chi connectivity index (χ4v) is 4.05. The minimum absolute atomic E-state index is 0.0470. The number of hydrogen-bond acceptors (Lipinski definition) is 6. The van der Waals surface area contributed by atoms with Gasteiger partial charge in [0.25, 0.3) is 0 Å². The number of aromatic nitrogens is 3. The number of hydrogen-bond donors (Lipinski definition) is 1. The molecule has 0 saturated carbocycles. The van der Waals surface area contributed by atoms with Crippen LogP contribution in [0, 0.1) is 0 Å². The number of carbonyl (C=O) groups excluding carboxylic acids is 1. The number of rotatable bonds is 5. The highest BCUT2D eigenvalue weighted by Gasteiger charge is 2.26. The fraction of sp³-hybridized carbons (Fsp3) is 0.304. The number of pyridine rings is 1. The van der Waals surface area contributed by atoms with E-state index in [4.69, 9.17) is 4.74 Å². The third-order valence-electron chi connectivity index (χ3n) is 5.55. The van der Waals surface area contributed by atoms with Crippen LogP contribution in [0.25, 0.3) is 11.3 Å². The molecule has 3 aromatic rings. The molecular weight excluding hydrogens is 378 g/mol. The minimum Gasteiger partial charge on any atom is -0.493 e. The molecular formula is C23H23N5O2. The average Bonchev–Trinajstić information content (AvgIpc) is 3.43. The van der Waals surface area contributed by atoms with Crippen molar-refractivity contribution in [1.29, 1.82) is 0 Å². The minimum atomic E-state index is 0.0470. The Kier molecular flexibility index (Phi) is 5.01. The molecule has 0 aliphatic carbocycles. The molecule has 0 bridgehead atoms. The van der Waals surface area contributed by atoms with Crippen LogP contribution in [0.2, 0.25) is 0 Å². The van der Waals surface area contributed by atoms with Crippen molar-refractivity contribution < 1.29 is 9.53 Å². The number of ether oxygens (including phenoxy) is 1. The molecule has 2 aromatic heterocycles. The second-order valence-electron chi connectivity index (χ2n) is 7.70. The summed E-state index contributed by atoms with van der Waals surface area (Å²) in [7, 11) is 0. The van der Waals surface area contributed by atoms with Crippen molar-refractivity contribution in [2.24, 2.45) is 0 Å². The molecule has 1 saturated heterocycles. The molecule has 1 fully saturated rings. The van der Waals surface area contributed by atoms with Crippen LogP contribution in [0.3, 0.4) is 0 Å². The van der Waals surface area contributed by atoms with Gasteiger partial charge in [-0.3, -0.25) is 9.78 Å². The number of carbonyl (C=O) groups is 1. The van der Waals surface area contributed by atoms with Crippen LogP contribution >= 0.6 is 0 Å². The van der Waals surface area contributed by atoms with E-state index in [1.54, 1.807) is 18.6 Å². The van der Waals surface area contributed by atoms with Crippen molar-refractivity contribution in [2.75, 3.05) is 24.6 Å². The predicted molar refractivity (Wildman–Crippen MR) is 113 cm³/mol. The van der Waals surface area contributed by atoms with Gasteiger partial charge in [-0.05, 0) is 41.8 Å². The number of benzene rings is 1. The normalized spacial score (nSPS) is 17.5. The molecule has 0 radical (unpaired) electrons. The molecule has 30 heavy (non-hydrogen) atoms. The van der Waals surface area contributed by atoms with E-state index in [1.807, 2.05) is 30.3 Å². The number of anilines is 1. The standard InChI is InChI=1S/C23H23N5O2/c29-22(13-16-3-4-21-17(12-16)7-11-30-21)26-19-6-10-28(15-19)23-25-9-5-20(27-23)18-2-1-8-24-14-18/h1-5,8-9,12,14,19H,6-7,10-11,13,15H2,(H,26,29). The summed E-state index contributed by atoms with van der Waals surface area (Å²) in [5.74, 6) is 1.68. The lowest BCUT2D eigenvalue weighted by Crippen LogP contribution is -2.38. The maximum Gasteiger partial charge on any atom is 0.225 e. The van der Waals surface area contributed by atoms with Gasteiger partial charge in [0.2, 0.25) is 11.9 Å². The molecule has 0 spiro atoms. The molecule has 1 amide bonds. The van der Waals surface area contributed by atoms with Crippen LogP contribution in [-0.2, 0) is 17.6 Å². The molecule has 4 heterocycles. The lowest BCUT2D eigenvalue weighted by molar-refractivity contribution is -0.121. The van der Waals surface area contributed by atoms with Gasteiger partial charge >= 0.3 is 0 Å². The van der Waals surface area contributed by atoms with Gasteiger partial charge in [0.05, 0.1) is 18.7 Å². The Hall–Kier alpha value is -3.48. The Morgan fingerprint density at radius 3 is 3.10 bits per heavy atom. The molecule has 7 nitrogen and oxygen atoms in total. The first-order chi connectivity index (χ1) is 14.7. The average molecular weight is 401 g/mol. The summed E-state index contributed by atoms with van der Waals surface area (Å²) in [5, 5.41) is 3.16. The SMILES string of the molecule is O=C(Cc1ccc2c(c1)CCO2)NC1CCN(c2nccc(-c3cccnc3)n2)C1. The van der Waals surface area contributed by atoms with E-state index in [2.05, 4.69) is 31.2 Å². The maximum absolute atomic E-state index is 12.6. The van der Waals surface area contributed by atoms with E-state index in [0.29, 0.717) is 18.9 Å². The van der Waals surface area contributed by atoms with Crippen molar-refractivity contribution >= 4 is 11.9 Å². The topological polar surface area (TPSA) is 80.2 Å². The summed E-state index contributed by atoms with van der Waals surface area (Å²) < 4.78 is 5.54. The first-order valence-electron chi connectivity index (χ1n) is 10.3. The molecule has 1 atom stereocenters. The Bertz CT molecular complexity index is 1060. The predicted octanol–water partition coefficient (Wildman–Crippen LogP) is 2.41.